The van der Waals surface area contributed by atoms with Crippen molar-refractivity contribution in [2.75, 3.05) is 7.11 Å². The number of carbonyl (C=O) groups is 1. The predicted molar refractivity (Wildman–Crippen MR) is 54.8 cm³/mol. The van der Waals surface area contributed by atoms with Crippen molar-refractivity contribution in [3.05, 3.63) is 23.4 Å². The van der Waals surface area contributed by atoms with E-state index in [2.05, 4.69) is 4.98 Å². The molecular formula is C10H14N2O3. The minimum atomic E-state index is -1.01. The lowest BCUT2D eigenvalue weighted by Crippen LogP contribution is -2.32. The highest BCUT2D eigenvalue weighted by atomic mass is 16.5. The van der Waals surface area contributed by atoms with Crippen molar-refractivity contribution in [1.82, 2.24) is 4.98 Å². The molecule has 0 spiro atoms. The van der Waals surface area contributed by atoms with Crippen molar-refractivity contribution < 1.29 is 14.6 Å². The summed E-state index contributed by atoms with van der Waals surface area (Å²) < 4.78 is 4.99. The van der Waals surface area contributed by atoms with Gasteiger partial charge in [0.2, 0.25) is 5.88 Å². The maximum absolute atomic E-state index is 10.5. The van der Waals surface area contributed by atoms with Crippen LogP contribution in [0.4, 0.5) is 0 Å². The molecule has 3 N–H and O–H groups in total. The molecule has 5 heteroatoms. The van der Waals surface area contributed by atoms with Crippen molar-refractivity contribution in [2.45, 2.75) is 19.4 Å². The second-order valence-corrected chi connectivity index (χ2v) is 3.32. The predicted octanol–water partition coefficient (Wildman–Crippen LogP) is 0.353. The van der Waals surface area contributed by atoms with Gasteiger partial charge >= 0.3 is 5.97 Å². The van der Waals surface area contributed by atoms with Crippen LogP contribution in [-0.4, -0.2) is 29.2 Å². The van der Waals surface area contributed by atoms with Crippen molar-refractivity contribution >= 4 is 5.97 Å². The molecule has 0 bridgehead atoms. The lowest BCUT2D eigenvalue weighted by Gasteiger charge is -2.08. The molecule has 0 saturated heterocycles. The van der Waals surface area contributed by atoms with E-state index in [0.717, 1.165) is 11.1 Å². The second kappa shape index (κ2) is 4.75. The molecule has 0 fully saturated rings. The van der Waals surface area contributed by atoms with Crippen LogP contribution in [0.3, 0.4) is 0 Å². The molecule has 1 heterocycles. The molecule has 1 aromatic heterocycles. The topological polar surface area (TPSA) is 85.4 Å². The Morgan fingerprint density at radius 1 is 1.73 bits per heavy atom. The summed E-state index contributed by atoms with van der Waals surface area (Å²) >= 11 is 0. The average molecular weight is 210 g/mol. The number of nitrogens with two attached hydrogens (primary N) is 1. The highest BCUT2D eigenvalue weighted by molar-refractivity contribution is 5.73. The van der Waals surface area contributed by atoms with Gasteiger partial charge in [0.1, 0.15) is 6.04 Å². The third-order valence-corrected chi connectivity index (χ3v) is 2.05. The van der Waals surface area contributed by atoms with Crippen molar-refractivity contribution in [2.24, 2.45) is 5.73 Å². The number of aryl methyl sites for hydroxylation is 1. The zero-order valence-electron chi connectivity index (χ0n) is 8.73. The van der Waals surface area contributed by atoms with Gasteiger partial charge in [-0.1, -0.05) is 0 Å². The minimum Gasteiger partial charge on any atom is -0.481 e. The van der Waals surface area contributed by atoms with Crippen LogP contribution in [0.25, 0.3) is 0 Å². The minimum absolute atomic E-state index is 0.271. The summed E-state index contributed by atoms with van der Waals surface area (Å²) in [6, 6.07) is 0.939. The molecule has 82 valence electrons. The molecule has 0 saturated carbocycles. The first-order valence-corrected chi connectivity index (χ1v) is 4.52. The Labute approximate surface area is 87.9 Å². The molecule has 0 amide bonds. The van der Waals surface area contributed by atoms with Crippen LogP contribution in [0.2, 0.25) is 0 Å². The van der Waals surface area contributed by atoms with E-state index in [1.54, 1.807) is 6.20 Å². The number of hydrogen-bond donors (Lipinski definition) is 2. The first kappa shape index (κ1) is 11.5. The number of hydrogen-bond acceptors (Lipinski definition) is 4. The molecule has 1 aromatic rings. The number of pyridine rings is 1. The van der Waals surface area contributed by atoms with Gasteiger partial charge in [0.15, 0.2) is 0 Å². The zero-order valence-corrected chi connectivity index (χ0v) is 8.73. The monoisotopic (exact) mass is 210 g/mol. The van der Waals surface area contributed by atoms with Gasteiger partial charge in [-0.05, 0) is 25.0 Å². The van der Waals surface area contributed by atoms with Crippen LogP contribution < -0.4 is 10.5 Å². The first-order chi connectivity index (χ1) is 7.04. The first-order valence-electron chi connectivity index (χ1n) is 4.52. The summed E-state index contributed by atoms with van der Waals surface area (Å²) in [5, 5.41) is 8.64. The van der Waals surface area contributed by atoms with Crippen LogP contribution in [0, 0.1) is 6.92 Å². The second-order valence-electron chi connectivity index (χ2n) is 3.32. The SMILES string of the molecule is COc1ncc(CC(N)C(=O)O)cc1C. The molecule has 0 aliphatic rings. The molecule has 5 nitrogen and oxygen atoms in total. The molecule has 0 aliphatic carbocycles. The van der Waals surface area contributed by atoms with Gasteiger partial charge in [0.25, 0.3) is 0 Å². The van der Waals surface area contributed by atoms with Gasteiger partial charge in [0.05, 0.1) is 7.11 Å². The zero-order chi connectivity index (χ0) is 11.4. The summed E-state index contributed by atoms with van der Waals surface area (Å²) in [4.78, 5) is 14.6. The van der Waals surface area contributed by atoms with Gasteiger partial charge in [-0.25, -0.2) is 4.98 Å². The average Bonchev–Trinajstić information content (AvgIpc) is 2.18. The van der Waals surface area contributed by atoms with Crippen LogP contribution in [0.15, 0.2) is 12.3 Å². The standard InChI is InChI=1S/C10H14N2O3/c1-6-3-7(4-8(11)10(13)14)5-12-9(6)15-2/h3,5,8H,4,11H2,1-2H3,(H,13,14). The molecule has 1 rings (SSSR count). The number of carboxylic acid groups (broad SMARTS) is 1. The number of nitrogens with zero attached hydrogens (tertiary/aromatic N) is 1. The Balaban J connectivity index is 2.79. The molecule has 1 atom stereocenters. The fourth-order valence-electron chi connectivity index (χ4n) is 1.29. The number of rotatable bonds is 4. The van der Waals surface area contributed by atoms with Crippen LogP contribution in [0.5, 0.6) is 5.88 Å². The van der Waals surface area contributed by atoms with E-state index >= 15 is 0 Å². The van der Waals surface area contributed by atoms with Gasteiger partial charge in [-0.15, -0.1) is 0 Å². The quantitative estimate of drug-likeness (QED) is 0.749. The summed E-state index contributed by atoms with van der Waals surface area (Å²) in [5.41, 5.74) is 7.07. The van der Waals surface area contributed by atoms with E-state index in [1.165, 1.54) is 7.11 Å². The largest absolute Gasteiger partial charge is 0.481 e. The van der Waals surface area contributed by atoms with Crippen LogP contribution in [-0.2, 0) is 11.2 Å². The van der Waals surface area contributed by atoms with E-state index in [-0.39, 0.29) is 6.42 Å². The van der Waals surface area contributed by atoms with Crippen LogP contribution >= 0.6 is 0 Å². The summed E-state index contributed by atoms with van der Waals surface area (Å²) in [6.45, 7) is 1.85. The number of aromatic nitrogens is 1. The van der Waals surface area contributed by atoms with Gasteiger partial charge in [0, 0.05) is 11.8 Å². The van der Waals surface area contributed by atoms with Gasteiger partial charge in [-0.2, -0.15) is 0 Å². The fourth-order valence-corrected chi connectivity index (χ4v) is 1.29. The number of aliphatic carboxylic acids is 1. The Kier molecular flexibility index (Phi) is 3.62. The van der Waals surface area contributed by atoms with E-state index in [9.17, 15) is 4.79 Å². The Morgan fingerprint density at radius 3 is 2.87 bits per heavy atom. The summed E-state index contributed by atoms with van der Waals surface area (Å²) in [5.74, 6) is -0.467. The van der Waals surface area contributed by atoms with E-state index in [0.29, 0.717) is 5.88 Å². The fraction of sp³-hybridized carbons (Fsp3) is 0.400. The van der Waals surface area contributed by atoms with Gasteiger partial charge < -0.3 is 15.6 Å². The third kappa shape index (κ3) is 2.92. The van der Waals surface area contributed by atoms with E-state index in [4.69, 9.17) is 15.6 Å². The molecule has 0 radical (unpaired) electrons. The molecular weight excluding hydrogens is 196 g/mol. The van der Waals surface area contributed by atoms with Gasteiger partial charge in [-0.3, -0.25) is 4.79 Å². The summed E-state index contributed by atoms with van der Waals surface area (Å²) in [6.07, 6.45) is 1.85. The lowest BCUT2D eigenvalue weighted by atomic mass is 10.1. The highest BCUT2D eigenvalue weighted by Crippen LogP contribution is 2.15. The summed E-state index contributed by atoms with van der Waals surface area (Å²) in [7, 11) is 1.54. The smallest absolute Gasteiger partial charge is 0.320 e. The number of methoxy groups -OCH3 is 1. The van der Waals surface area contributed by atoms with E-state index < -0.39 is 12.0 Å². The third-order valence-electron chi connectivity index (χ3n) is 2.05. The Bertz CT molecular complexity index is 366. The lowest BCUT2D eigenvalue weighted by molar-refractivity contribution is -0.138. The molecule has 0 aromatic carbocycles. The number of ether oxygens (including phenoxy) is 1. The van der Waals surface area contributed by atoms with Crippen molar-refractivity contribution in [1.29, 1.82) is 0 Å². The van der Waals surface area contributed by atoms with Crippen molar-refractivity contribution in [3.63, 3.8) is 0 Å². The Morgan fingerprint density at radius 2 is 2.40 bits per heavy atom. The number of carboxylic acids is 1. The normalized spacial score (nSPS) is 12.2. The Hall–Kier alpha value is -1.62. The maximum atomic E-state index is 10.5. The van der Waals surface area contributed by atoms with Crippen LogP contribution in [0.1, 0.15) is 11.1 Å². The molecule has 1 unspecified atom stereocenters. The highest BCUT2D eigenvalue weighted by Gasteiger charge is 2.13. The molecule has 0 aliphatic heterocycles. The van der Waals surface area contributed by atoms with Crippen molar-refractivity contribution in [3.8, 4) is 5.88 Å². The van der Waals surface area contributed by atoms with E-state index in [1.807, 2.05) is 13.0 Å². The molecule has 15 heavy (non-hydrogen) atoms. The maximum Gasteiger partial charge on any atom is 0.320 e.